The van der Waals surface area contributed by atoms with Gasteiger partial charge in [0.15, 0.2) is 0 Å². The molecular formula is C10H19N3O. The Labute approximate surface area is 85.0 Å². The van der Waals surface area contributed by atoms with Gasteiger partial charge < -0.3 is 10.5 Å². The SMILES string of the molecule is CCn1ncc(C(C)OCCN)c1C. The minimum Gasteiger partial charge on any atom is -0.372 e. The Morgan fingerprint density at radius 3 is 2.86 bits per heavy atom. The highest BCUT2D eigenvalue weighted by Gasteiger charge is 2.12. The van der Waals surface area contributed by atoms with Gasteiger partial charge in [-0.2, -0.15) is 5.10 Å². The summed E-state index contributed by atoms with van der Waals surface area (Å²) < 4.78 is 7.51. The van der Waals surface area contributed by atoms with E-state index in [-0.39, 0.29) is 6.10 Å². The van der Waals surface area contributed by atoms with Gasteiger partial charge in [-0.1, -0.05) is 0 Å². The van der Waals surface area contributed by atoms with Crippen LogP contribution in [0.3, 0.4) is 0 Å². The zero-order valence-corrected chi connectivity index (χ0v) is 9.16. The van der Waals surface area contributed by atoms with Gasteiger partial charge in [0, 0.05) is 24.3 Å². The van der Waals surface area contributed by atoms with Crippen LogP contribution >= 0.6 is 0 Å². The van der Waals surface area contributed by atoms with Crippen LogP contribution in [0.2, 0.25) is 0 Å². The molecule has 80 valence electrons. The molecule has 0 aromatic carbocycles. The molecule has 0 saturated heterocycles. The van der Waals surface area contributed by atoms with Gasteiger partial charge in [0.25, 0.3) is 0 Å². The Kier molecular flexibility index (Phi) is 4.10. The van der Waals surface area contributed by atoms with E-state index in [9.17, 15) is 0 Å². The molecule has 0 bridgehead atoms. The molecule has 0 fully saturated rings. The minimum atomic E-state index is 0.0823. The van der Waals surface area contributed by atoms with E-state index in [4.69, 9.17) is 10.5 Å². The maximum Gasteiger partial charge on any atom is 0.0830 e. The van der Waals surface area contributed by atoms with Crippen molar-refractivity contribution in [1.29, 1.82) is 0 Å². The van der Waals surface area contributed by atoms with Crippen molar-refractivity contribution in [1.82, 2.24) is 9.78 Å². The lowest BCUT2D eigenvalue weighted by atomic mass is 10.2. The lowest BCUT2D eigenvalue weighted by Gasteiger charge is -2.11. The molecule has 1 aromatic rings. The fourth-order valence-corrected chi connectivity index (χ4v) is 1.51. The maximum atomic E-state index is 5.54. The van der Waals surface area contributed by atoms with Crippen LogP contribution in [0, 0.1) is 6.92 Å². The second-order valence-electron chi connectivity index (χ2n) is 3.30. The van der Waals surface area contributed by atoms with E-state index in [0.29, 0.717) is 13.2 Å². The number of rotatable bonds is 5. The summed E-state index contributed by atoms with van der Waals surface area (Å²) in [6.07, 6.45) is 1.96. The Balaban J connectivity index is 2.69. The maximum absolute atomic E-state index is 5.54. The largest absolute Gasteiger partial charge is 0.372 e. The van der Waals surface area contributed by atoms with Crippen LogP contribution in [0.25, 0.3) is 0 Å². The standard InChI is InChI=1S/C10H19N3O/c1-4-13-8(2)10(7-12-13)9(3)14-6-5-11/h7,9H,4-6,11H2,1-3H3. The third-order valence-electron chi connectivity index (χ3n) is 2.36. The van der Waals surface area contributed by atoms with E-state index in [1.165, 1.54) is 5.69 Å². The number of nitrogens with zero attached hydrogens (tertiary/aromatic N) is 2. The average Bonchev–Trinajstić information content (AvgIpc) is 2.56. The average molecular weight is 197 g/mol. The first-order valence-electron chi connectivity index (χ1n) is 5.04. The molecule has 0 radical (unpaired) electrons. The summed E-state index contributed by atoms with van der Waals surface area (Å²) in [5.74, 6) is 0. The predicted octanol–water partition coefficient (Wildman–Crippen LogP) is 1.25. The molecule has 0 amide bonds. The van der Waals surface area contributed by atoms with E-state index in [1.807, 2.05) is 17.8 Å². The highest BCUT2D eigenvalue weighted by molar-refractivity contribution is 5.18. The zero-order valence-electron chi connectivity index (χ0n) is 9.16. The molecule has 2 N–H and O–H groups in total. The second kappa shape index (κ2) is 5.12. The minimum absolute atomic E-state index is 0.0823. The van der Waals surface area contributed by atoms with Crippen molar-refractivity contribution in [3.05, 3.63) is 17.5 Å². The summed E-state index contributed by atoms with van der Waals surface area (Å²) in [5.41, 5.74) is 7.71. The first-order chi connectivity index (χ1) is 6.70. The highest BCUT2D eigenvalue weighted by atomic mass is 16.5. The van der Waals surface area contributed by atoms with Crippen LogP contribution in [0.5, 0.6) is 0 Å². The van der Waals surface area contributed by atoms with Crippen LogP contribution in [0.15, 0.2) is 6.20 Å². The summed E-state index contributed by atoms with van der Waals surface area (Å²) in [4.78, 5) is 0. The van der Waals surface area contributed by atoms with Crippen molar-refractivity contribution in [3.63, 3.8) is 0 Å². The smallest absolute Gasteiger partial charge is 0.0830 e. The van der Waals surface area contributed by atoms with Crippen molar-refractivity contribution in [2.24, 2.45) is 5.73 Å². The molecule has 1 unspecified atom stereocenters. The van der Waals surface area contributed by atoms with Crippen molar-refractivity contribution in [2.75, 3.05) is 13.2 Å². The lowest BCUT2D eigenvalue weighted by molar-refractivity contribution is 0.0713. The van der Waals surface area contributed by atoms with E-state index in [1.54, 1.807) is 0 Å². The van der Waals surface area contributed by atoms with E-state index in [2.05, 4.69) is 18.9 Å². The zero-order chi connectivity index (χ0) is 10.6. The molecular weight excluding hydrogens is 178 g/mol. The number of aromatic nitrogens is 2. The quantitative estimate of drug-likeness (QED) is 0.773. The Bertz CT molecular complexity index is 283. The molecule has 0 aliphatic heterocycles. The molecule has 0 spiro atoms. The number of ether oxygens (including phenoxy) is 1. The summed E-state index contributed by atoms with van der Waals surface area (Å²) in [6.45, 7) is 8.22. The van der Waals surface area contributed by atoms with Gasteiger partial charge in [0.2, 0.25) is 0 Å². The van der Waals surface area contributed by atoms with Crippen LogP contribution in [-0.2, 0) is 11.3 Å². The summed E-state index contributed by atoms with van der Waals surface area (Å²) in [7, 11) is 0. The molecule has 1 heterocycles. The number of hydrogen-bond donors (Lipinski definition) is 1. The van der Waals surface area contributed by atoms with Gasteiger partial charge in [0.1, 0.15) is 0 Å². The molecule has 4 nitrogen and oxygen atoms in total. The van der Waals surface area contributed by atoms with Crippen molar-refractivity contribution < 1.29 is 4.74 Å². The van der Waals surface area contributed by atoms with Gasteiger partial charge in [0.05, 0.1) is 18.9 Å². The third-order valence-corrected chi connectivity index (χ3v) is 2.36. The number of nitrogens with two attached hydrogens (primary N) is 1. The van der Waals surface area contributed by atoms with Crippen molar-refractivity contribution in [2.45, 2.75) is 33.4 Å². The lowest BCUT2D eigenvalue weighted by Crippen LogP contribution is -2.11. The van der Waals surface area contributed by atoms with Gasteiger partial charge >= 0.3 is 0 Å². The van der Waals surface area contributed by atoms with Crippen molar-refractivity contribution >= 4 is 0 Å². The fourth-order valence-electron chi connectivity index (χ4n) is 1.51. The van der Waals surface area contributed by atoms with Crippen molar-refractivity contribution in [3.8, 4) is 0 Å². The molecule has 0 aliphatic rings. The fraction of sp³-hybridized carbons (Fsp3) is 0.700. The van der Waals surface area contributed by atoms with Gasteiger partial charge in [-0.3, -0.25) is 4.68 Å². The number of aryl methyl sites for hydroxylation is 1. The molecule has 4 heteroatoms. The van der Waals surface area contributed by atoms with Crippen LogP contribution < -0.4 is 5.73 Å². The van der Waals surface area contributed by atoms with Crippen LogP contribution in [0.4, 0.5) is 0 Å². The molecule has 0 aliphatic carbocycles. The van der Waals surface area contributed by atoms with Gasteiger partial charge in [-0.15, -0.1) is 0 Å². The van der Waals surface area contributed by atoms with Gasteiger partial charge in [-0.05, 0) is 20.8 Å². The van der Waals surface area contributed by atoms with E-state index < -0.39 is 0 Å². The third kappa shape index (κ3) is 2.33. The first kappa shape index (κ1) is 11.2. The van der Waals surface area contributed by atoms with Crippen LogP contribution in [0.1, 0.15) is 31.2 Å². The Hall–Kier alpha value is -0.870. The van der Waals surface area contributed by atoms with Crippen LogP contribution in [-0.4, -0.2) is 22.9 Å². The Morgan fingerprint density at radius 2 is 2.36 bits per heavy atom. The highest BCUT2D eigenvalue weighted by Crippen LogP contribution is 2.19. The molecule has 14 heavy (non-hydrogen) atoms. The van der Waals surface area contributed by atoms with Gasteiger partial charge in [-0.25, -0.2) is 0 Å². The predicted molar refractivity (Wildman–Crippen MR) is 56.1 cm³/mol. The van der Waals surface area contributed by atoms with E-state index in [0.717, 1.165) is 12.1 Å². The molecule has 0 saturated carbocycles. The topological polar surface area (TPSA) is 53.1 Å². The molecule has 1 atom stereocenters. The first-order valence-corrected chi connectivity index (χ1v) is 5.04. The molecule has 1 aromatic heterocycles. The monoisotopic (exact) mass is 197 g/mol. The van der Waals surface area contributed by atoms with E-state index >= 15 is 0 Å². The summed E-state index contributed by atoms with van der Waals surface area (Å²) in [6, 6.07) is 0. The number of hydrogen-bond acceptors (Lipinski definition) is 3. The second-order valence-corrected chi connectivity index (χ2v) is 3.30. The Morgan fingerprint density at radius 1 is 1.64 bits per heavy atom. The molecule has 1 rings (SSSR count). The summed E-state index contributed by atoms with van der Waals surface area (Å²) in [5, 5.41) is 4.27. The summed E-state index contributed by atoms with van der Waals surface area (Å²) >= 11 is 0. The normalized spacial score (nSPS) is 13.1.